The van der Waals surface area contributed by atoms with Crippen molar-refractivity contribution < 1.29 is 0 Å². The van der Waals surface area contributed by atoms with E-state index in [2.05, 4.69) is 54.5 Å². The Balaban J connectivity index is 1.71. The van der Waals surface area contributed by atoms with Crippen molar-refractivity contribution in [3.8, 4) is 23.5 Å². The smallest absolute Gasteiger partial charge is 0.0268 e. The second kappa shape index (κ2) is 5.97. The molecule has 1 saturated carbocycles. The molecule has 1 fully saturated rings. The molecule has 0 aliphatic heterocycles. The Morgan fingerprint density at radius 1 is 0.950 bits per heavy atom. The normalized spacial score (nSPS) is 16.1. The number of hydrogen-bond donors (Lipinski definition) is 0. The number of rotatable bonds is 4. The zero-order chi connectivity index (χ0) is 13.8. The summed E-state index contributed by atoms with van der Waals surface area (Å²) in [5.41, 5.74) is 3.90. The van der Waals surface area contributed by atoms with Gasteiger partial charge in [-0.15, -0.1) is 12.3 Å². The van der Waals surface area contributed by atoms with E-state index in [1.165, 1.54) is 36.0 Å². The van der Waals surface area contributed by atoms with Crippen molar-refractivity contribution in [1.29, 1.82) is 0 Å². The average Bonchev–Trinajstić information content (AvgIpc) is 2.46. The summed E-state index contributed by atoms with van der Waals surface area (Å²) < 4.78 is 0. The summed E-state index contributed by atoms with van der Waals surface area (Å²) in [4.78, 5) is 0. The van der Waals surface area contributed by atoms with Gasteiger partial charge in [-0.05, 0) is 41.9 Å². The first-order valence-corrected chi connectivity index (χ1v) is 7.47. The van der Waals surface area contributed by atoms with Crippen molar-refractivity contribution in [3.05, 3.63) is 60.2 Å². The molecule has 1 aliphatic carbocycles. The third-order valence-corrected chi connectivity index (χ3v) is 4.45. The maximum absolute atomic E-state index is 5.70. The molecular weight excluding hydrogens is 240 g/mol. The second-order valence-electron chi connectivity index (χ2n) is 5.73. The molecule has 0 spiro atoms. The average molecular weight is 260 g/mol. The van der Waals surface area contributed by atoms with Crippen LogP contribution in [0, 0.1) is 24.2 Å². The predicted octanol–water partition coefficient (Wildman–Crippen LogP) is 4.95. The highest BCUT2D eigenvalue weighted by Gasteiger charge is 2.25. The van der Waals surface area contributed by atoms with Crippen molar-refractivity contribution >= 4 is 0 Å². The van der Waals surface area contributed by atoms with E-state index in [-0.39, 0.29) is 0 Å². The molecule has 0 bridgehead atoms. The van der Waals surface area contributed by atoms with Gasteiger partial charge in [0, 0.05) is 5.92 Å². The minimum atomic E-state index is 0.423. The van der Waals surface area contributed by atoms with Crippen molar-refractivity contribution in [1.82, 2.24) is 0 Å². The van der Waals surface area contributed by atoms with Gasteiger partial charge in [-0.25, -0.2) is 0 Å². The molecule has 0 heterocycles. The zero-order valence-electron chi connectivity index (χ0n) is 11.8. The van der Waals surface area contributed by atoms with Crippen LogP contribution in [0.2, 0.25) is 0 Å². The fraction of sp³-hybridized carbons (Fsp3) is 0.300. The fourth-order valence-electron chi connectivity index (χ4n) is 2.92. The molecular formula is C20H20. The van der Waals surface area contributed by atoms with E-state index in [1.54, 1.807) is 0 Å². The van der Waals surface area contributed by atoms with Crippen LogP contribution in [0.25, 0.3) is 11.1 Å². The van der Waals surface area contributed by atoms with Gasteiger partial charge in [0.2, 0.25) is 0 Å². The van der Waals surface area contributed by atoms with Crippen LogP contribution < -0.4 is 0 Å². The maximum Gasteiger partial charge on any atom is 0.0268 e. The van der Waals surface area contributed by atoms with Crippen molar-refractivity contribution in [2.75, 3.05) is 0 Å². The molecule has 0 N–H and O–H groups in total. The van der Waals surface area contributed by atoms with Crippen molar-refractivity contribution in [2.24, 2.45) is 11.8 Å². The van der Waals surface area contributed by atoms with Gasteiger partial charge in [0.25, 0.3) is 0 Å². The Bertz CT molecular complexity index is 582. The minimum Gasteiger partial charge on any atom is -0.120 e. The molecule has 0 amide bonds. The van der Waals surface area contributed by atoms with Crippen LogP contribution in [-0.2, 0) is 6.42 Å². The second-order valence-corrected chi connectivity index (χ2v) is 5.73. The van der Waals surface area contributed by atoms with Gasteiger partial charge in [-0.3, -0.25) is 0 Å². The molecule has 2 aromatic rings. The summed E-state index contributed by atoms with van der Waals surface area (Å²) in [6.45, 7) is 0. The topological polar surface area (TPSA) is 0 Å². The third-order valence-electron chi connectivity index (χ3n) is 4.45. The lowest BCUT2D eigenvalue weighted by atomic mass is 9.74. The quantitative estimate of drug-likeness (QED) is 0.683. The van der Waals surface area contributed by atoms with Crippen molar-refractivity contribution in [2.45, 2.75) is 25.7 Å². The Morgan fingerprint density at radius 2 is 1.60 bits per heavy atom. The highest BCUT2D eigenvalue weighted by molar-refractivity contribution is 5.63. The molecule has 0 nitrogen and oxygen atoms in total. The van der Waals surface area contributed by atoms with Crippen molar-refractivity contribution in [3.63, 3.8) is 0 Å². The highest BCUT2D eigenvalue weighted by Crippen LogP contribution is 2.35. The lowest BCUT2D eigenvalue weighted by Gasteiger charge is -2.30. The summed E-state index contributed by atoms with van der Waals surface area (Å²) in [6.07, 6.45) is 10.7. The van der Waals surface area contributed by atoms with Crippen LogP contribution in [-0.4, -0.2) is 0 Å². The number of hydrogen-bond acceptors (Lipinski definition) is 0. The van der Waals surface area contributed by atoms with Gasteiger partial charge < -0.3 is 0 Å². The van der Waals surface area contributed by atoms with Crippen LogP contribution in [0.5, 0.6) is 0 Å². The third kappa shape index (κ3) is 2.78. The van der Waals surface area contributed by atoms with Gasteiger partial charge in [-0.1, -0.05) is 61.0 Å². The molecule has 3 rings (SSSR count). The summed E-state index contributed by atoms with van der Waals surface area (Å²) in [5.74, 6) is 4.18. The monoisotopic (exact) mass is 260 g/mol. The van der Waals surface area contributed by atoms with Crippen LogP contribution >= 0.6 is 0 Å². The Hall–Kier alpha value is -2.00. The standard InChI is InChI=1S/C20H20/c1-2-17(18-9-6-10-18)15-16-11-13-20(14-12-16)19-7-4-3-5-8-19/h1,3-5,7-8,11-14,17-18H,6,9-10,15H2. The SMILES string of the molecule is C#CC(Cc1ccc(-c2ccccc2)cc1)C1CCC1. The van der Waals surface area contributed by atoms with E-state index >= 15 is 0 Å². The van der Waals surface area contributed by atoms with Gasteiger partial charge in [0.05, 0.1) is 0 Å². The van der Waals surface area contributed by atoms with Crippen LogP contribution in [0.4, 0.5) is 0 Å². The first-order valence-electron chi connectivity index (χ1n) is 7.47. The Labute approximate surface area is 121 Å². The van der Waals surface area contributed by atoms with Crippen LogP contribution in [0.1, 0.15) is 24.8 Å². The largest absolute Gasteiger partial charge is 0.120 e. The van der Waals surface area contributed by atoms with E-state index in [4.69, 9.17) is 6.42 Å². The van der Waals surface area contributed by atoms with Crippen LogP contribution in [0.3, 0.4) is 0 Å². The van der Waals surface area contributed by atoms with E-state index < -0.39 is 0 Å². The predicted molar refractivity (Wildman–Crippen MR) is 85.2 cm³/mol. The fourth-order valence-corrected chi connectivity index (χ4v) is 2.92. The highest BCUT2D eigenvalue weighted by atomic mass is 14.3. The van der Waals surface area contributed by atoms with Gasteiger partial charge in [-0.2, -0.15) is 0 Å². The minimum absolute atomic E-state index is 0.423. The first kappa shape index (κ1) is 13.0. The number of terminal acetylenes is 1. The van der Waals surface area contributed by atoms with E-state index in [1.807, 2.05) is 6.07 Å². The van der Waals surface area contributed by atoms with Gasteiger partial charge in [0.1, 0.15) is 0 Å². The molecule has 2 aromatic carbocycles. The molecule has 20 heavy (non-hydrogen) atoms. The number of benzene rings is 2. The molecule has 1 unspecified atom stereocenters. The molecule has 100 valence electrons. The lowest BCUT2D eigenvalue weighted by Crippen LogP contribution is -2.22. The Kier molecular flexibility index (Phi) is 3.88. The first-order chi connectivity index (χ1) is 9.86. The van der Waals surface area contributed by atoms with E-state index in [0.717, 1.165) is 12.3 Å². The molecule has 0 radical (unpaired) electrons. The Morgan fingerprint density at radius 3 is 2.15 bits per heavy atom. The van der Waals surface area contributed by atoms with Gasteiger partial charge >= 0.3 is 0 Å². The van der Waals surface area contributed by atoms with Crippen LogP contribution in [0.15, 0.2) is 54.6 Å². The van der Waals surface area contributed by atoms with E-state index in [0.29, 0.717) is 5.92 Å². The molecule has 0 saturated heterocycles. The molecule has 0 heteroatoms. The molecule has 0 aromatic heterocycles. The lowest BCUT2D eigenvalue weighted by molar-refractivity contribution is 0.247. The summed E-state index contributed by atoms with van der Waals surface area (Å²) >= 11 is 0. The van der Waals surface area contributed by atoms with Gasteiger partial charge in [0.15, 0.2) is 0 Å². The summed E-state index contributed by atoms with van der Waals surface area (Å²) in [6, 6.07) is 19.4. The molecule has 1 atom stereocenters. The molecule has 1 aliphatic rings. The summed E-state index contributed by atoms with van der Waals surface area (Å²) in [7, 11) is 0. The maximum atomic E-state index is 5.70. The van der Waals surface area contributed by atoms with E-state index in [9.17, 15) is 0 Å². The zero-order valence-corrected chi connectivity index (χ0v) is 11.8. The summed E-state index contributed by atoms with van der Waals surface area (Å²) in [5, 5.41) is 0.